The fourth-order valence-corrected chi connectivity index (χ4v) is 2.40. The van der Waals surface area contributed by atoms with E-state index < -0.39 is 12.0 Å². The van der Waals surface area contributed by atoms with E-state index in [-0.39, 0.29) is 17.6 Å². The average molecular weight is 351 g/mol. The van der Waals surface area contributed by atoms with Crippen LogP contribution in [0, 0.1) is 5.41 Å². The number of carbonyl (C=O) groups is 2. The molecule has 130 valence electrons. The Kier molecular flexibility index (Phi) is 5.23. The van der Waals surface area contributed by atoms with Gasteiger partial charge in [0.15, 0.2) is 0 Å². The van der Waals surface area contributed by atoms with Crippen molar-refractivity contribution in [3.05, 3.63) is 46.1 Å². The monoisotopic (exact) mass is 350 g/mol. The number of amides is 2. The molecule has 0 aliphatic carbocycles. The number of urea groups is 1. The number of rotatable bonds is 3. The summed E-state index contributed by atoms with van der Waals surface area (Å²) in [5.74, 6) is -0.442. The highest BCUT2D eigenvalue weighted by Gasteiger charge is 2.34. The van der Waals surface area contributed by atoms with Crippen LogP contribution < -0.4 is 10.6 Å². The summed E-state index contributed by atoms with van der Waals surface area (Å²) in [5, 5.41) is 6.00. The number of halogens is 1. The third-order valence-corrected chi connectivity index (χ3v) is 4.45. The van der Waals surface area contributed by atoms with Crippen molar-refractivity contribution in [1.29, 1.82) is 0 Å². The predicted molar refractivity (Wildman–Crippen MR) is 93.6 cm³/mol. The molecule has 0 unspecified atom stereocenters. The first-order valence-electron chi connectivity index (χ1n) is 7.84. The first-order chi connectivity index (χ1) is 11.1. The van der Waals surface area contributed by atoms with Crippen molar-refractivity contribution in [3.8, 4) is 0 Å². The van der Waals surface area contributed by atoms with E-state index in [1.807, 2.05) is 27.7 Å². The number of allylic oxidation sites excluding steroid dienone is 1. The van der Waals surface area contributed by atoms with Crippen molar-refractivity contribution in [3.63, 3.8) is 0 Å². The third-order valence-electron chi connectivity index (χ3n) is 4.20. The van der Waals surface area contributed by atoms with Crippen molar-refractivity contribution in [2.75, 3.05) is 0 Å². The van der Waals surface area contributed by atoms with E-state index in [0.29, 0.717) is 16.3 Å². The lowest BCUT2D eigenvalue weighted by Crippen LogP contribution is -2.46. The molecule has 1 heterocycles. The molecule has 0 aromatic heterocycles. The quantitative estimate of drug-likeness (QED) is 0.811. The van der Waals surface area contributed by atoms with Gasteiger partial charge >= 0.3 is 12.0 Å². The molecule has 0 bridgehead atoms. The maximum atomic E-state index is 12.7. The molecular formula is C18H23ClN2O3. The molecule has 1 aliphatic heterocycles. The summed E-state index contributed by atoms with van der Waals surface area (Å²) >= 11 is 5.92. The van der Waals surface area contributed by atoms with Gasteiger partial charge in [-0.05, 0) is 37.0 Å². The molecule has 0 spiro atoms. The normalized spacial score (nSPS) is 19.4. The summed E-state index contributed by atoms with van der Waals surface area (Å²) in [6.07, 6.45) is -0.270. The second-order valence-electron chi connectivity index (χ2n) is 7.04. The van der Waals surface area contributed by atoms with Crippen LogP contribution in [0.4, 0.5) is 4.79 Å². The Balaban J connectivity index is 2.35. The summed E-state index contributed by atoms with van der Waals surface area (Å²) in [6.45, 7) is 9.57. The molecule has 1 aromatic carbocycles. The average Bonchev–Trinajstić information content (AvgIpc) is 2.45. The second-order valence-corrected chi connectivity index (χ2v) is 7.47. The molecule has 6 heteroatoms. The number of benzene rings is 1. The third kappa shape index (κ3) is 4.09. The summed E-state index contributed by atoms with van der Waals surface area (Å²) in [5.41, 5.74) is 1.48. The van der Waals surface area contributed by atoms with Crippen molar-refractivity contribution >= 4 is 23.6 Å². The van der Waals surface area contributed by atoms with Gasteiger partial charge in [0, 0.05) is 10.7 Å². The number of hydrogen-bond donors (Lipinski definition) is 2. The fraction of sp³-hybridized carbons (Fsp3) is 0.444. The largest absolute Gasteiger partial charge is 0.459 e. The van der Waals surface area contributed by atoms with Gasteiger partial charge in [-0.2, -0.15) is 0 Å². The minimum absolute atomic E-state index is 0.175. The van der Waals surface area contributed by atoms with E-state index in [2.05, 4.69) is 10.6 Å². The second kappa shape index (κ2) is 6.85. The van der Waals surface area contributed by atoms with Gasteiger partial charge < -0.3 is 15.4 Å². The van der Waals surface area contributed by atoms with E-state index in [0.717, 1.165) is 5.56 Å². The maximum absolute atomic E-state index is 12.7. The predicted octanol–water partition coefficient (Wildman–Crippen LogP) is 3.95. The lowest BCUT2D eigenvalue weighted by atomic mass is 9.90. The van der Waals surface area contributed by atoms with Crippen LogP contribution in [-0.2, 0) is 9.53 Å². The first kappa shape index (κ1) is 18.3. The van der Waals surface area contributed by atoms with Crippen LogP contribution in [0.25, 0.3) is 0 Å². The molecule has 2 atom stereocenters. The lowest BCUT2D eigenvalue weighted by Gasteiger charge is -2.31. The summed E-state index contributed by atoms with van der Waals surface area (Å²) in [6, 6.07) is 6.09. The fourth-order valence-electron chi connectivity index (χ4n) is 2.27. The zero-order valence-electron chi connectivity index (χ0n) is 14.6. The first-order valence-corrected chi connectivity index (χ1v) is 8.22. The molecular weight excluding hydrogens is 328 g/mol. The minimum Gasteiger partial charge on any atom is -0.459 e. The molecule has 1 aliphatic rings. The maximum Gasteiger partial charge on any atom is 0.338 e. The topological polar surface area (TPSA) is 67.4 Å². The number of carbonyl (C=O) groups excluding carboxylic acids is 2. The zero-order chi connectivity index (χ0) is 18.1. The highest BCUT2D eigenvalue weighted by atomic mass is 35.5. The van der Waals surface area contributed by atoms with Crippen molar-refractivity contribution < 1.29 is 14.3 Å². The van der Waals surface area contributed by atoms with Crippen molar-refractivity contribution in [1.82, 2.24) is 10.6 Å². The molecule has 1 aromatic rings. The van der Waals surface area contributed by atoms with Crippen LogP contribution in [-0.4, -0.2) is 18.1 Å². The Morgan fingerprint density at radius 2 is 1.83 bits per heavy atom. The Morgan fingerprint density at radius 3 is 2.38 bits per heavy atom. The van der Waals surface area contributed by atoms with E-state index in [9.17, 15) is 9.59 Å². The van der Waals surface area contributed by atoms with E-state index in [4.69, 9.17) is 16.3 Å². The van der Waals surface area contributed by atoms with Gasteiger partial charge in [-0.1, -0.05) is 44.5 Å². The molecule has 0 radical (unpaired) electrons. The molecule has 2 N–H and O–H groups in total. The zero-order valence-corrected chi connectivity index (χ0v) is 15.3. The summed E-state index contributed by atoms with van der Waals surface area (Å²) in [4.78, 5) is 24.6. The van der Waals surface area contributed by atoms with E-state index >= 15 is 0 Å². The van der Waals surface area contributed by atoms with Gasteiger partial charge in [0.2, 0.25) is 0 Å². The minimum atomic E-state index is -0.573. The van der Waals surface area contributed by atoms with E-state index in [1.54, 1.807) is 31.2 Å². The lowest BCUT2D eigenvalue weighted by molar-refractivity contribution is -0.149. The number of hydrogen-bond acceptors (Lipinski definition) is 3. The van der Waals surface area contributed by atoms with Gasteiger partial charge in [-0.3, -0.25) is 0 Å². The molecule has 0 saturated carbocycles. The SMILES string of the molecule is CC1=C(C(=O)O[C@@H](C)C(C)(C)C)[C@@H](c2ccc(Cl)cc2)NC(=O)N1. The van der Waals surface area contributed by atoms with Crippen LogP contribution in [0.5, 0.6) is 0 Å². The molecule has 0 fully saturated rings. The smallest absolute Gasteiger partial charge is 0.338 e. The Labute approximate surface area is 147 Å². The van der Waals surface area contributed by atoms with Crippen LogP contribution in [0.2, 0.25) is 5.02 Å². The molecule has 24 heavy (non-hydrogen) atoms. The summed E-state index contributed by atoms with van der Waals surface area (Å²) in [7, 11) is 0. The molecule has 5 nitrogen and oxygen atoms in total. The Morgan fingerprint density at radius 1 is 1.25 bits per heavy atom. The van der Waals surface area contributed by atoms with Crippen LogP contribution in [0.1, 0.15) is 46.2 Å². The highest BCUT2D eigenvalue weighted by molar-refractivity contribution is 6.30. The van der Waals surface area contributed by atoms with Gasteiger partial charge in [-0.25, -0.2) is 9.59 Å². The van der Waals surface area contributed by atoms with Crippen LogP contribution in [0.3, 0.4) is 0 Å². The Bertz CT molecular complexity index is 674. The number of ether oxygens (including phenoxy) is 1. The van der Waals surface area contributed by atoms with Crippen molar-refractivity contribution in [2.45, 2.75) is 46.8 Å². The highest BCUT2D eigenvalue weighted by Crippen LogP contribution is 2.30. The molecule has 2 amide bonds. The van der Waals surface area contributed by atoms with Gasteiger partial charge in [0.05, 0.1) is 11.6 Å². The standard InChI is InChI=1S/C18H23ClN2O3/c1-10-14(16(22)24-11(2)18(3,4)5)15(21-17(23)20-10)12-6-8-13(19)9-7-12/h6-9,11,15H,1-5H3,(H2,20,21,23)/t11-,15+/m0/s1. The molecule has 0 saturated heterocycles. The Hall–Kier alpha value is -2.01. The number of nitrogens with one attached hydrogen (secondary N) is 2. The van der Waals surface area contributed by atoms with Crippen LogP contribution >= 0.6 is 11.6 Å². The van der Waals surface area contributed by atoms with Gasteiger partial charge in [-0.15, -0.1) is 0 Å². The van der Waals surface area contributed by atoms with Gasteiger partial charge in [0.25, 0.3) is 0 Å². The van der Waals surface area contributed by atoms with Crippen LogP contribution in [0.15, 0.2) is 35.5 Å². The van der Waals surface area contributed by atoms with Gasteiger partial charge in [0.1, 0.15) is 6.10 Å². The van der Waals surface area contributed by atoms with Crippen molar-refractivity contribution in [2.24, 2.45) is 5.41 Å². The number of esters is 1. The molecule has 2 rings (SSSR count). The summed E-state index contributed by atoms with van der Waals surface area (Å²) < 4.78 is 5.62. The van der Waals surface area contributed by atoms with E-state index in [1.165, 1.54) is 0 Å².